The first kappa shape index (κ1) is 43.1. The minimum Gasteiger partial charge on any atom is -0.368 e. The van der Waals surface area contributed by atoms with E-state index in [1.54, 1.807) is 7.05 Å². The molecule has 2 aliphatic rings. The molecule has 5 aromatic rings. The molecular formula is C49H60N10O2. The number of hydrogen-bond acceptors (Lipinski definition) is 9. The number of pyridine rings is 2. The second kappa shape index (κ2) is 19.1. The van der Waals surface area contributed by atoms with E-state index in [2.05, 4.69) is 141 Å². The molecular weight excluding hydrogens is 761 g/mol. The lowest BCUT2D eigenvalue weighted by Gasteiger charge is -2.36. The number of H-pyrrole nitrogens is 1. The summed E-state index contributed by atoms with van der Waals surface area (Å²) in [5.41, 5.74) is 10.9. The zero-order valence-electron chi connectivity index (χ0n) is 36.6. The van der Waals surface area contributed by atoms with Crippen LogP contribution in [0.2, 0.25) is 0 Å². The van der Waals surface area contributed by atoms with Gasteiger partial charge in [0.1, 0.15) is 0 Å². The van der Waals surface area contributed by atoms with Gasteiger partial charge in [-0.2, -0.15) is 5.10 Å². The predicted molar refractivity (Wildman–Crippen MR) is 247 cm³/mol. The van der Waals surface area contributed by atoms with Crippen molar-refractivity contribution in [3.05, 3.63) is 108 Å². The van der Waals surface area contributed by atoms with Gasteiger partial charge in [0.25, 0.3) is 5.91 Å². The van der Waals surface area contributed by atoms with Crippen LogP contribution in [-0.2, 0) is 16.0 Å². The minimum atomic E-state index is -0.259. The van der Waals surface area contributed by atoms with Crippen LogP contribution in [0.15, 0.2) is 95.7 Å². The van der Waals surface area contributed by atoms with Gasteiger partial charge in [-0.05, 0) is 79.6 Å². The number of aromatic nitrogens is 4. The Kier molecular flexibility index (Phi) is 13.5. The van der Waals surface area contributed by atoms with Crippen LogP contribution in [0.5, 0.6) is 0 Å². The van der Waals surface area contributed by atoms with E-state index in [0.717, 1.165) is 109 Å². The van der Waals surface area contributed by atoms with Crippen molar-refractivity contribution in [1.82, 2.24) is 35.7 Å². The van der Waals surface area contributed by atoms with Crippen molar-refractivity contribution >= 4 is 40.1 Å². The topological polar surface area (TPSA) is 144 Å². The van der Waals surface area contributed by atoms with Crippen molar-refractivity contribution in [3.63, 3.8) is 0 Å². The van der Waals surface area contributed by atoms with Crippen LogP contribution in [0.1, 0.15) is 87.6 Å². The lowest BCUT2D eigenvalue weighted by atomic mass is 9.90. The summed E-state index contributed by atoms with van der Waals surface area (Å²) in [7, 11) is 1.69. The third-order valence-corrected chi connectivity index (χ3v) is 12.1. The quantitative estimate of drug-likeness (QED) is 0.0676. The Morgan fingerprint density at radius 1 is 0.951 bits per heavy atom. The van der Waals surface area contributed by atoms with Crippen molar-refractivity contribution in [2.24, 2.45) is 15.4 Å². The Morgan fingerprint density at radius 2 is 1.74 bits per heavy atom. The average molecular weight is 821 g/mol. The van der Waals surface area contributed by atoms with Crippen LogP contribution in [-0.4, -0.2) is 94.7 Å². The zero-order valence-corrected chi connectivity index (χ0v) is 36.6. The number of nitrogens with one attached hydrogen (secondary N) is 3. The smallest absolute Gasteiger partial charge is 0.289 e. The molecule has 3 aromatic heterocycles. The second-order valence-corrected chi connectivity index (χ2v) is 17.4. The van der Waals surface area contributed by atoms with Crippen LogP contribution in [0, 0.1) is 12.3 Å². The number of benzene rings is 2. The van der Waals surface area contributed by atoms with Crippen LogP contribution in [0.25, 0.3) is 33.5 Å². The molecule has 2 aliphatic heterocycles. The molecule has 2 atom stereocenters. The van der Waals surface area contributed by atoms with Gasteiger partial charge in [-0.1, -0.05) is 69.7 Å². The van der Waals surface area contributed by atoms with Crippen LogP contribution in [0.3, 0.4) is 0 Å². The number of unbranched alkanes of at least 4 members (excludes halogenated alkanes) is 1. The summed E-state index contributed by atoms with van der Waals surface area (Å²) in [5.74, 6) is 0.405. The molecule has 0 spiro atoms. The fourth-order valence-corrected chi connectivity index (χ4v) is 8.18. The van der Waals surface area contributed by atoms with E-state index in [0.29, 0.717) is 24.5 Å². The van der Waals surface area contributed by atoms with Crippen molar-refractivity contribution in [1.29, 1.82) is 0 Å². The largest absolute Gasteiger partial charge is 0.368 e. The molecule has 2 aromatic carbocycles. The highest BCUT2D eigenvalue weighted by Gasteiger charge is 2.27. The van der Waals surface area contributed by atoms with E-state index in [-0.39, 0.29) is 29.1 Å². The summed E-state index contributed by atoms with van der Waals surface area (Å²) < 4.78 is 0. The number of amidine groups is 1. The molecule has 0 radical (unpaired) electrons. The monoisotopic (exact) mass is 820 g/mol. The van der Waals surface area contributed by atoms with E-state index in [4.69, 9.17) is 4.98 Å². The maximum Gasteiger partial charge on any atom is 0.289 e. The summed E-state index contributed by atoms with van der Waals surface area (Å²) in [5, 5.41) is 14.4. The van der Waals surface area contributed by atoms with E-state index >= 15 is 0 Å². The molecule has 2 amide bonds. The Morgan fingerprint density at radius 3 is 2.41 bits per heavy atom. The van der Waals surface area contributed by atoms with E-state index < -0.39 is 0 Å². The number of aliphatic imine (C=N–C) groups is 2. The number of hydrogen-bond donors (Lipinski definition) is 3. The number of amides is 2. The number of aryl methyl sites for hydroxylation is 1. The Bertz CT molecular complexity index is 2400. The normalized spacial score (nSPS) is 15.6. The molecule has 0 aliphatic carbocycles. The number of carbonyl (C=O) groups is 2. The van der Waals surface area contributed by atoms with Gasteiger partial charge in [-0.25, -0.2) is 9.98 Å². The number of anilines is 1. The Balaban J connectivity index is 0.913. The number of allylic oxidation sites excluding steroid dienone is 1. The summed E-state index contributed by atoms with van der Waals surface area (Å²) >= 11 is 0. The van der Waals surface area contributed by atoms with Crippen molar-refractivity contribution in [2.75, 3.05) is 51.2 Å². The number of fused-ring (bicyclic) bond motifs is 1. The lowest BCUT2D eigenvalue weighted by Crippen LogP contribution is -2.47. The molecule has 7 rings (SSSR count). The van der Waals surface area contributed by atoms with Gasteiger partial charge in [-0.3, -0.25) is 29.6 Å². The first-order valence-corrected chi connectivity index (χ1v) is 21.6. The van der Waals surface area contributed by atoms with Crippen molar-refractivity contribution in [3.8, 4) is 22.5 Å². The van der Waals surface area contributed by atoms with Gasteiger partial charge in [0.05, 0.1) is 35.9 Å². The molecule has 61 heavy (non-hydrogen) atoms. The standard InChI is InChI=1S/C49H60N10O2/c1-8-35(11-9-10-12-44(60)50-7)36-15-13-34(14-16-36)21-22-58-23-25-59(26-24-58)39-18-20-42(51-30-39)38-28-41-45(56-57-46(41)52-29-38)37-17-19-40(32(2)27-37)33(3)54-48(61)47-53-31-43(55-47)49(4,5)6/h8,13-20,27-30,33,35H,1,9-12,21-26,31H2,2-7H3,(H,50,60)(H,54,61)(H,52,56,57). The van der Waals surface area contributed by atoms with Gasteiger partial charge in [0.15, 0.2) is 5.65 Å². The van der Waals surface area contributed by atoms with E-state index in [1.807, 2.05) is 25.4 Å². The molecule has 2 unspecified atom stereocenters. The van der Waals surface area contributed by atoms with Gasteiger partial charge in [0.2, 0.25) is 11.7 Å². The second-order valence-electron chi connectivity index (χ2n) is 17.4. The summed E-state index contributed by atoms with van der Waals surface area (Å²) in [6, 6.07) is 21.4. The maximum absolute atomic E-state index is 13.0. The molecule has 1 saturated heterocycles. The molecule has 12 nitrogen and oxygen atoms in total. The maximum atomic E-state index is 13.0. The molecule has 12 heteroatoms. The zero-order chi connectivity index (χ0) is 43.1. The Hall–Kier alpha value is -6.01. The van der Waals surface area contributed by atoms with Gasteiger partial charge in [-0.15, -0.1) is 6.58 Å². The molecule has 5 heterocycles. The van der Waals surface area contributed by atoms with Crippen LogP contribution in [0.4, 0.5) is 5.69 Å². The SMILES string of the molecule is C=CC(CCCCC(=O)NC)c1ccc(CCN2CCN(c3ccc(-c4cnc5n[nH]c(-c6ccc(C(C)NC(=O)C7=NCC(C(C)(C)C)=N7)c(C)c6)c5c4)nc3)CC2)cc1. The molecule has 318 valence electrons. The third kappa shape index (κ3) is 10.5. The highest BCUT2D eigenvalue weighted by atomic mass is 16.2. The van der Waals surface area contributed by atoms with Gasteiger partial charge < -0.3 is 15.5 Å². The fourth-order valence-electron chi connectivity index (χ4n) is 8.18. The number of rotatable bonds is 16. The summed E-state index contributed by atoms with van der Waals surface area (Å²) in [6.07, 6.45) is 10.4. The third-order valence-electron chi connectivity index (χ3n) is 12.1. The predicted octanol–water partition coefficient (Wildman–Crippen LogP) is 8.01. The highest BCUT2D eigenvalue weighted by Crippen LogP contribution is 2.32. The van der Waals surface area contributed by atoms with E-state index in [1.165, 1.54) is 11.1 Å². The number of nitrogens with zero attached hydrogens (tertiary/aromatic N) is 7. The van der Waals surface area contributed by atoms with Crippen LogP contribution >= 0.6 is 0 Å². The van der Waals surface area contributed by atoms with E-state index in [9.17, 15) is 9.59 Å². The van der Waals surface area contributed by atoms with Gasteiger partial charge in [0, 0.05) is 85.9 Å². The number of piperazine rings is 1. The summed E-state index contributed by atoms with van der Waals surface area (Å²) in [4.78, 5) is 48.0. The first-order valence-electron chi connectivity index (χ1n) is 21.6. The molecule has 0 saturated carbocycles. The first-order chi connectivity index (χ1) is 29.4. The van der Waals surface area contributed by atoms with Crippen molar-refractivity contribution in [2.45, 2.75) is 78.7 Å². The average Bonchev–Trinajstić information content (AvgIpc) is 3.95. The molecule has 3 N–H and O–H groups in total. The van der Waals surface area contributed by atoms with Crippen LogP contribution < -0.4 is 15.5 Å². The minimum absolute atomic E-state index is 0.106. The molecule has 0 bridgehead atoms. The van der Waals surface area contributed by atoms with Crippen molar-refractivity contribution < 1.29 is 9.59 Å². The lowest BCUT2D eigenvalue weighted by molar-refractivity contribution is -0.120. The van der Waals surface area contributed by atoms with Gasteiger partial charge >= 0.3 is 0 Å². The number of aromatic amines is 1. The highest BCUT2D eigenvalue weighted by molar-refractivity contribution is 6.41. The Labute approximate surface area is 360 Å². The molecule has 1 fully saturated rings. The number of carbonyl (C=O) groups excluding carboxylic acids is 2. The fraction of sp³-hybridized carbons (Fsp3) is 0.408. The summed E-state index contributed by atoms with van der Waals surface area (Å²) in [6.45, 7) is 19.8.